The van der Waals surface area contributed by atoms with Crippen molar-refractivity contribution in [3.05, 3.63) is 106 Å². The standard InChI is InChI=1S/C26H23NO5/c1-17-12-21-20(13-18-8-4-2-5-9-18)22(28)14-23(29)25(21)26(31)27(17)15-24(30)32-16-19-10-6-3-7-11-19/h2-12,14,28-29H,13,15-16H2,1H3. The molecule has 162 valence electrons. The summed E-state index contributed by atoms with van der Waals surface area (Å²) in [7, 11) is 0. The fraction of sp³-hybridized carbons (Fsp3) is 0.154. The van der Waals surface area contributed by atoms with Crippen LogP contribution in [0.5, 0.6) is 11.5 Å². The van der Waals surface area contributed by atoms with E-state index in [1.165, 1.54) is 10.6 Å². The van der Waals surface area contributed by atoms with Gasteiger partial charge in [-0.05, 0) is 29.5 Å². The molecule has 6 nitrogen and oxygen atoms in total. The van der Waals surface area contributed by atoms with E-state index >= 15 is 0 Å². The number of pyridine rings is 1. The van der Waals surface area contributed by atoms with Gasteiger partial charge in [-0.15, -0.1) is 0 Å². The topological polar surface area (TPSA) is 88.8 Å². The molecule has 0 radical (unpaired) electrons. The molecule has 0 aliphatic heterocycles. The minimum Gasteiger partial charge on any atom is -0.507 e. The molecule has 0 spiro atoms. The summed E-state index contributed by atoms with van der Waals surface area (Å²) in [4.78, 5) is 25.6. The van der Waals surface area contributed by atoms with E-state index in [2.05, 4.69) is 0 Å². The molecule has 0 saturated heterocycles. The van der Waals surface area contributed by atoms with E-state index in [4.69, 9.17) is 4.74 Å². The quantitative estimate of drug-likeness (QED) is 0.452. The molecule has 4 rings (SSSR count). The van der Waals surface area contributed by atoms with Crippen LogP contribution in [-0.2, 0) is 29.1 Å². The van der Waals surface area contributed by atoms with Gasteiger partial charge in [0.1, 0.15) is 24.7 Å². The monoisotopic (exact) mass is 429 g/mol. The van der Waals surface area contributed by atoms with Gasteiger partial charge in [-0.3, -0.25) is 9.59 Å². The molecule has 0 fully saturated rings. The van der Waals surface area contributed by atoms with Crippen molar-refractivity contribution < 1.29 is 19.7 Å². The second kappa shape index (κ2) is 8.98. The molecule has 0 aliphatic rings. The first-order valence-corrected chi connectivity index (χ1v) is 10.3. The number of hydrogen-bond acceptors (Lipinski definition) is 5. The lowest BCUT2D eigenvalue weighted by Crippen LogP contribution is -2.27. The van der Waals surface area contributed by atoms with Crippen LogP contribution in [0.3, 0.4) is 0 Å². The number of esters is 1. The highest BCUT2D eigenvalue weighted by Crippen LogP contribution is 2.34. The van der Waals surface area contributed by atoms with Crippen LogP contribution in [-0.4, -0.2) is 20.7 Å². The fourth-order valence-electron chi connectivity index (χ4n) is 3.78. The predicted molar refractivity (Wildman–Crippen MR) is 122 cm³/mol. The Bertz CT molecular complexity index is 1330. The van der Waals surface area contributed by atoms with E-state index in [9.17, 15) is 19.8 Å². The number of carbonyl (C=O) groups excluding carboxylic acids is 1. The molecule has 0 atom stereocenters. The second-order valence-electron chi connectivity index (χ2n) is 7.67. The van der Waals surface area contributed by atoms with Gasteiger partial charge in [-0.2, -0.15) is 0 Å². The molecule has 1 heterocycles. The van der Waals surface area contributed by atoms with Crippen molar-refractivity contribution in [2.45, 2.75) is 26.5 Å². The average Bonchev–Trinajstić information content (AvgIpc) is 2.79. The van der Waals surface area contributed by atoms with E-state index in [-0.39, 0.29) is 30.0 Å². The number of fused-ring (bicyclic) bond motifs is 1. The van der Waals surface area contributed by atoms with Crippen LogP contribution in [0.1, 0.15) is 22.4 Å². The summed E-state index contributed by atoms with van der Waals surface area (Å²) in [6, 6.07) is 21.7. The van der Waals surface area contributed by atoms with Crippen LogP contribution in [0.25, 0.3) is 10.8 Å². The molecule has 0 bridgehead atoms. The maximum absolute atomic E-state index is 13.2. The molecule has 32 heavy (non-hydrogen) atoms. The molecule has 0 amide bonds. The lowest BCUT2D eigenvalue weighted by molar-refractivity contribution is -0.145. The van der Waals surface area contributed by atoms with Crippen LogP contribution in [0.4, 0.5) is 0 Å². The number of phenols is 2. The average molecular weight is 429 g/mol. The zero-order valence-electron chi connectivity index (χ0n) is 17.6. The Kier molecular flexibility index (Phi) is 5.94. The molecular formula is C26H23NO5. The number of aromatic nitrogens is 1. The summed E-state index contributed by atoms with van der Waals surface area (Å²) in [5, 5.41) is 21.4. The summed E-state index contributed by atoms with van der Waals surface area (Å²) in [5.41, 5.74) is 2.37. The van der Waals surface area contributed by atoms with Crippen LogP contribution in [0, 0.1) is 6.92 Å². The summed E-state index contributed by atoms with van der Waals surface area (Å²) < 4.78 is 6.58. The van der Waals surface area contributed by atoms with E-state index in [0.29, 0.717) is 23.1 Å². The summed E-state index contributed by atoms with van der Waals surface area (Å²) in [6.45, 7) is 1.54. The largest absolute Gasteiger partial charge is 0.507 e. The number of hydrogen-bond donors (Lipinski definition) is 2. The van der Waals surface area contributed by atoms with E-state index < -0.39 is 11.5 Å². The molecule has 3 aromatic carbocycles. The van der Waals surface area contributed by atoms with Gasteiger partial charge < -0.3 is 19.5 Å². The van der Waals surface area contributed by atoms with Crippen LogP contribution < -0.4 is 5.56 Å². The van der Waals surface area contributed by atoms with Crippen molar-refractivity contribution in [1.82, 2.24) is 4.57 Å². The number of ether oxygens (including phenoxy) is 1. The first kappa shape index (κ1) is 21.2. The fourth-order valence-corrected chi connectivity index (χ4v) is 3.78. The lowest BCUT2D eigenvalue weighted by Gasteiger charge is -2.15. The summed E-state index contributed by atoms with van der Waals surface area (Å²) in [6.07, 6.45) is 0.394. The number of nitrogens with zero attached hydrogens (tertiary/aromatic N) is 1. The van der Waals surface area contributed by atoms with Gasteiger partial charge in [0.2, 0.25) is 0 Å². The zero-order chi connectivity index (χ0) is 22.7. The zero-order valence-corrected chi connectivity index (χ0v) is 17.6. The maximum Gasteiger partial charge on any atom is 0.326 e. The van der Waals surface area contributed by atoms with E-state index in [1.54, 1.807) is 13.0 Å². The van der Waals surface area contributed by atoms with Gasteiger partial charge in [0, 0.05) is 23.7 Å². The Morgan fingerprint density at radius 3 is 2.19 bits per heavy atom. The van der Waals surface area contributed by atoms with Crippen LogP contribution >= 0.6 is 0 Å². The molecule has 1 aromatic heterocycles. The molecule has 0 aliphatic carbocycles. The van der Waals surface area contributed by atoms with Gasteiger partial charge in [-0.1, -0.05) is 60.7 Å². The van der Waals surface area contributed by atoms with Gasteiger partial charge in [0.15, 0.2) is 0 Å². The highest BCUT2D eigenvalue weighted by Gasteiger charge is 2.19. The first-order chi connectivity index (χ1) is 15.4. The highest BCUT2D eigenvalue weighted by molar-refractivity contribution is 5.93. The molecule has 0 saturated carbocycles. The Balaban J connectivity index is 1.68. The number of rotatable bonds is 6. The van der Waals surface area contributed by atoms with Crippen LogP contribution in [0.2, 0.25) is 0 Å². The van der Waals surface area contributed by atoms with Crippen molar-refractivity contribution >= 4 is 16.7 Å². The number of aromatic hydroxyl groups is 2. The van der Waals surface area contributed by atoms with Gasteiger partial charge >= 0.3 is 5.97 Å². The van der Waals surface area contributed by atoms with Gasteiger partial charge in [0.25, 0.3) is 5.56 Å². The van der Waals surface area contributed by atoms with Crippen molar-refractivity contribution in [2.75, 3.05) is 0 Å². The van der Waals surface area contributed by atoms with E-state index in [1.807, 2.05) is 60.7 Å². The van der Waals surface area contributed by atoms with Crippen molar-refractivity contribution in [1.29, 1.82) is 0 Å². The number of aryl methyl sites for hydroxylation is 1. The SMILES string of the molecule is Cc1cc2c(Cc3ccccc3)c(O)cc(O)c2c(=O)n1CC(=O)OCc1ccccc1. The number of carbonyl (C=O) groups is 1. The smallest absolute Gasteiger partial charge is 0.326 e. The Morgan fingerprint density at radius 2 is 1.53 bits per heavy atom. The van der Waals surface area contributed by atoms with E-state index in [0.717, 1.165) is 11.1 Å². The third-order valence-corrected chi connectivity index (χ3v) is 5.42. The normalized spacial score (nSPS) is 10.9. The Labute approximate surface area is 185 Å². The second-order valence-corrected chi connectivity index (χ2v) is 7.67. The lowest BCUT2D eigenvalue weighted by atomic mass is 9.97. The van der Waals surface area contributed by atoms with Crippen LogP contribution in [0.15, 0.2) is 77.6 Å². The van der Waals surface area contributed by atoms with Crippen molar-refractivity contribution in [3.8, 4) is 11.5 Å². The van der Waals surface area contributed by atoms with Gasteiger partial charge in [0.05, 0.1) is 5.39 Å². The summed E-state index contributed by atoms with van der Waals surface area (Å²) >= 11 is 0. The number of phenolic OH excluding ortho intramolecular Hbond substituents is 2. The first-order valence-electron chi connectivity index (χ1n) is 10.3. The van der Waals surface area contributed by atoms with Gasteiger partial charge in [-0.25, -0.2) is 0 Å². The Hall–Kier alpha value is -4.06. The molecule has 4 aromatic rings. The minimum absolute atomic E-state index is 0.0650. The predicted octanol–water partition coefficient (Wildman–Crippen LogP) is 4.06. The third kappa shape index (κ3) is 4.34. The highest BCUT2D eigenvalue weighted by atomic mass is 16.5. The maximum atomic E-state index is 13.2. The van der Waals surface area contributed by atoms with Crippen molar-refractivity contribution in [2.24, 2.45) is 0 Å². The Morgan fingerprint density at radius 1 is 0.906 bits per heavy atom. The van der Waals surface area contributed by atoms with Crippen molar-refractivity contribution in [3.63, 3.8) is 0 Å². The number of benzene rings is 3. The molecule has 0 unspecified atom stereocenters. The molecular weight excluding hydrogens is 406 g/mol. The summed E-state index contributed by atoms with van der Waals surface area (Å²) in [5.74, 6) is -0.968. The third-order valence-electron chi connectivity index (χ3n) is 5.42. The minimum atomic E-state index is -0.554. The molecule has 6 heteroatoms. The molecule has 2 N–H and O–H groups in total.